The number of nitrogen functional groups attached to an aromatic ring is 1. The predicted molar refractivity (Wildman–Crippen MR) is 110 cm³/mol. The topological polar surface area (TPSA) is 94.3 Å². The molecule has 0 bridgehead atoms. The van der Waals surface area contributed by atoms with Crippen LogP contribution in [0.25, 0.3) is 5.65 Å². The Morgan fingerprint density at radius 2 is 1.81 bits per heavy atom. The molecule has 4 rings (SSSR count). The first-order valence-electron chi connectivity index (χ1n) is 9.79. The van der Waals surface area contributed by atoms with E-state index in [9.17, 15) is 0 Å². The number of aromatic nitrogens is 3. The van der Waals surface area contributed by atoms with Crippen molar-refractivity contribution in [1.29, 1.82) is 0 Å². The van der Waals surface area contributed by atoms with Crippen molar-refractivity contribution in [2.45, 2.75) is 57.4 Å². The Morgan fingerprint density at radius 3 is 2.48 bits per heavy atom. The maximum Gasteiger partial charge on any atom is 0.178 e. The van der Waals surface area contributed by atoms with Gasteiger partial charge < -0.3 is 16.8 Å². The van der Waals surface area contributed by atoms with Gasteiger partial charge in [-0.1, -0.05) is 32.0 Å². The summed E-state index contributed by atoms with van der Waals surface area (Å²) in [6.07, 6.45) is 6.31. The quantitative estimate of drug-likeness (QED) is 0.646. The lowest BCUT2D eigenvalue weighted by Crippen LogP contribution is -2.25. The summed E-state index contributed by atoms with van der Waals surface area (Å²) in [6.45, 7) is 4.26. The van der Waals surface area contributed by atoms with Crippen LogP contribution in [-0.4, -0.2) is 20.6 Å². The summed E-state index contributed by atoms with van der Waals surface area (Å²) >= 11 is 0. The number of imidazole rings is 1. The molecule has 2 aromatic heterocycles. The molecule has 1 aromatic carbocycles. The first-order chi connectivity index (χ1) is 13.0. The lowest BCUT2D eigenvalue weighted by atomic mass is 9.85. The van der Waals surface area contributed by atoms with Crippen LogP contribution in [0.15, 0.2) is 36.5 Å². The Kier molecular flexibility index (Phi) is 4.74. The SMILES string of the molecule is CC(C)c1c(N)nn2cc(C3CCC(N)CC3)nc2c1Nc1ccccc1. The molecule has 0 spiro atoms. The molecule has 0 amide bonds. The molecule has 0 unspecified atom stereocenters. The lowest BCUT2D eigenvalue weighted by molar-refractivity contribution is 0.391. The molecule has 27 heavy (non-hydrogen) atoms. The number of anilines is 3. The van der Waals surface area contributed by atoms with Gasteiger partial charge in [-0.15, -0.1) is 5.10 Å². The highest BCUT2D eigenvalue weighted by atomic mass is 15.3. The summed E-state index contributed by atoms with van der Waals surface area (Å²) in [5.74, 6) is 1.23. The van der Waals surface area contributed by atoms with Gasteiger partial charge in [0.2, 0.25) is 0 Å². The maximum atomic E-state index is 6.33. The van der Waals surface area contributed by atoms with Crippen LogP contribution in [-0.2, 0) is 0 Å². The highest BCUT2D eigenvalue weighted by molar-refractivity contribution is 5.80. The third kappa shape index (κ3) is 3.49. The fourth-order valence-electron chi connectivity index (χ4n) is 4.04. The molecular weight excluding hydrogens is 336 g/mol. The van der Waals surface area contributed by atoms with Gasteiger partial charge in [0, 0.05) is 23.2 Å². The molecule has 2 heterocycles. The Bertz CT molecular complexity index is 923. The van der Waals surface area contributed by atoms with E-state index in [-0.39, 0.29) is 5.92 Å². The molecule has 142 valence electrons. The van der Waals surface area contributed by atoms with E-state index in [2.05, 4.69) is 24.3 Å². The van der Waals surface area contributed by atoms with Crippen LogP contribution in [0.5, 0.6) is 0 Å². The smallest absolute Gasteiger partial charge is 0.178 e. The monoisotopic (exact) mass is 364 g/mol. The van der Waals surface area contributed by atoms with Gasteiger partial charge in [-0.2, -0.15) is 0 Å². The number of nitrogens with zero attached hydrogens (tertiary/aromatic N) is 3. The van der Waals surface area contributed by atoms with Gasteiger partial charge in [-0.05, 0) is 43.7 Å². The van der Waals surface area contributed by atoms with Gasteiger partial charge >= 0.3 is 0 Å². The predicted octanol–water partition coefficient (Wildman–Crippen LogP) is 4.16. The molecule has 1 aliphatic rings. The molecule has 0 aliphatic heterocycles. The Labute approximate surface area is 160 Å². The van der Waals surface area contributed by atoms with Crippen molar-refractivity contribution < 1.29 is 0 Å². The summed E-state index contributed by atoms with van der Waals surface area (Å²) in [7, 11) is 0. The summed E-state index contributed by atoms with van der Waals surface area (Å²) in [6, 6.07) is 10.5. The first kappa shape index (κ1) is 17.8. The molecule has 6 heteroatoms. The van der Waals surface area contributed by atoms with Gasteiger partial charge in [-0.3, -0.25) is 0 Å². The number of fused-ring (bicyclic) bond motifs is 1. The van der Waals surface area contributed by atoms with Crippen LogP contribution in [0.4, 0.5) is 17.2 Å². The van der Waals surface area contributed by atoms with Crippen molar-refractivity contribution in [1.82, 2.24) is 14.6 Å². The molecular formula is C21H28N6. The Morgan fingerprint density at radius 1 is 1.11 bits per heavy atom. The van der Waals surface area contributed by atoms with Crippen molar-refractivity contribution in [3.63, 3.8) is 0 Å². The van der Waals surface area contributed by atoms with Crippen molar-refractivity contribution in [2.75, 3.05) is 11.1 Å². The lowest BCUT2D eigenvalue weighted by Gasteiger charge is -2.24. The Hall–Kier alpha value is -2.60. The van der Waals surface area contributed by atoms with Gasteiger partial charge in [0.1, 0.15) is 5.82 Å². The van der Waals surface area contributed by atoms with Crippen LogP contribution >= 0.6 is 0 Å². The number of hydrogen-bond acceptors (Lipinski definition) is 5. The van der Waals surface area contributed by atoms with Crippen molar-refractivity contribution in [2.24, 2.45) is 5.73 Å². The minimum absolute atomic E-state index is 0.238. The average molecular weight is 364 g/mol. The molecule has 0 atom stereocenters. The zero-order valence-electron chi connectivity index (χ0n) is 16.0. The number of benzene rings is 1. The summed E-state index contributed by atoms with van der Waals surface area (Å²) in [5, 5.41) is 8.13. The van der Waals surface area contributed by atoms with Crippen molar-refractivity contribution in [3.05, 3.63) is 47.8 Å². The number of para-hydroxylation sites is 1. The van der Waals surface area contributed by atoms with Crippen molar-refractivity contribution in [3.8, 4) is 0 Å². The fraction of sp³-hybridized carbons (Fsp3) is 0.429. The molecule has 1 fully saturated rings. The largest absolute Gasteiger partial charge is 0.382 e. The number of nitrogens with two attached hydrogens (primary N) is 2. The number of nitrogens with one attached hydrogen (secondary N) is 1. The normalized spacial score (nSPS) is 20.3. The van der Waals surface area contributed by atoms with Crippen LogP contribution in [0.3, 0.4) is 0 Å². The minimum atomic E-state index is 0.238. The maximum absolute atomic E-state index is 6.33. The van der Waals surface area contributed by atoms with Gasteiger partial charge in [0.25, 0.3) is 0 Å². The second-order valence-corrected chi connectivity index (χ2v) is 7.87. The summed E-state index contributed by atoms with van der Waals surface area (Å²) in [4.78, 5) is 4.98. The molecule has 3 aromatic rings. The van der Waals surface area contributed by atoms with E-state index in [1.165, 1.54) is 0 Å². The van der Waals surface area contributed by atoms with Crippen LogP contribution in [0.1, 0.15) is 62.6 Å². The van der Waals surface area contributed by atoms with E-state index >= 15 is 0 Å². The van der Waals surface area contributed by atoms with E-state index in [1.807, 2.05) is 41.0 Å². The summed E-state index contributed by atoms with van der Waals surface area (Å²) < 4.78 is 1.83. The average Bonchev–Trinajstić information content (AvgIpc) is 3.06. The minimum Gasteiger partial charge on any atom is -0.382 e. The van der Waals surface area contributed by atoms with E-state index in [0.29, 0.717) is 17.8 Å². The second-order valence-electron chi connectivity index (χ2n) is 7.87. The van der Waals surface area contributed by atoms with E-state index in [1.54, 1.807) is 0 Å². The van der Waals surface area contributed by atoms with Crippen LogP contribution in [0, 0.1) is 0 Å². The highest BCUT2D eigenvalue weighted by Gasteiger charge is 2.25. The molecule has 1 saturated carbocycles. The van der Waals surface area contributed by atoms with E-state index in [0.717, 1.165) is 54.0 Å². The van der Waals surface area contributed by atoms with E-state index in [4.69, 9.17) is 16.5 Å². The molecule has 6 nitrogen and oxygen atoms in total. The highest BCUT2D eigenvalue weighted by Crippen LogP contribution is 2.37. The standard InChI is InChI=1S/C21H28N6/c1-13(2)18-19(24-16-6-4-3-5-7-16)21-25-17(12-27(21)26-20(18)23)14-8-10-15(22)11-9-14/h3-7,12-15,24H,8-11,22H2,1-2H3,(H2,23,26). The number of rotatable bonds is 4. The molecule has 0 radical (unpaired) electrons. The molecule has 1 aliphatic carbocycles. The van der Waals surface area contributed by atoms with E-state index < -0.39 is 0 Å². The van der Waals surface area contributed by atoms with Gasteiger partial charge in [-0.25, -0.2) is 9.50 Å². The molecule has 0 saturated heterocycles. The third-order valence-corrected chi connectivity index (χ3v) is 5.50. The first-order valence-corrected chi connectivity index (χ1v) is 9.79. The Balaban J connectivity index is 1.80. The van der Waals surface area contributed by atoms with Gasteiger partial charge in [0.15, 0.2) is 5.65 Å². The molecule has 5 N–H and O–H groups in total. The fourth-order valence-corrected chi connectivity index (χ4v) is 4.04. The zero-order chi connectivity index (χ0) is 19.0. The second kappa shape index (κ2) is 7.19. The van der Waals surface area contributed by atoms with Crippen LogP contribution < -0.4 is 16.8 Å². The number of hydrogen-bond donors (Lipinski definition) is 3. The van der Waals surface area contributed by atoms with Crippen LogP contribution in [0.2, 0.25) is 0 Å². The van der Waals surface area contributed by atoms with Crippen molar-refractivity contribution >= 4 is 22.8 Å². The third-order valence-electron chi connectivity index (χ3n) is 5.50. The summed E-state index contributed by atoms with van der Waals surface area (Å²) in [5.41, 5.74) is 17.3. The zero-order valence-corrected chi connectivity index (χ0v) is 16.0. The van der Waals surface area contributed by atoms with Gasteiger partial charge in [0.05, 0.1) is 17.6 Å².